The van der Waals surface area contributed by atoms with Crippen LogP contribution in [0.2, 0.25) is 0 Å². The van der Waals surface area contributed by atoms with Crippen molar-refractivity contribution in [3.05, 3.63) is 75.0 Å². The normalized spacial score (nSPS) is 11.1. The van der Waals surface area contributed by atoms with Crippen LogP contribution in [0.15, 0.2) is 57.0 Å². The van der Waals surface area contributed by atoms with Gasteiger partial charge in [0.1, 0.15) is 5.65 Å². The van der Waals surface area contributed by atoms with E-state index in [0.717, 1.165) is 5.56 Å². The number of aromatic nitrogens is 6. The summed E-state index contributed by atoms with van der Waals surface area (Å²) in [6.07, 6.45) is 4.72. The Kier molecular flexibility index (Phi) is 3.46. The fourth-order valence-electron chi connectivity index (χ4n) is 2.53. The topological polar surface area (TPSA) is 108 Å². The van der Waals surface area contributed by atoms with Crippen LogP contribution in [0.5, 0.6) is 0 Å². The number of aryl methyl sites for hydroxylation is 1. The van der Waals surface area contributed by atoms with E-state index in [1.165, 1.54) is 27.4 Å². The summed E-state index contributed by atoms with van der Waals surface area (Å²) in [4.78, 5) is 36.9. The zero-order chi connectivity index (χ0) is 17.4. The van der Waals surface area contributed by atoms with Gasteiger partial charge in [-0.25, -0.2) is 24.3 Å². The summed E-state index contributed by atoms with van der Waals surface area (Å²) in [6, 6.07) is 6.67. The summed E-state index contributed by atoms with van der Waals surface area (Å²) < 4.78 is 7.43. The zero-order valence-electron chi connectivity index (χ0n) is 13.2. The number of hydrogen-bond donors (Lipinski definition) is 0. The largest absolute Gasteiger partial charge is 0.442 e. The first-order valence-corrected chi connectivity index (χ1v) is 7.45. The van der Waals surface area contributed by atoms with Crippen LogP contribution in [0.4, 0.5) is 0 Å². The zero-order valence-corrected chi connectivity index (χ0v) is 13.2. The van der Waals surface area contributed by atoms with E-state index in [1.54, 1.807) is 18.3 Å². The smallest absolute Gasteiger partial charge is 0.295 e. The highest BCUT2D eigenvalue weighted by molar-refractivity contribution is 5.47. The van der Waals surface area contributed by atoms with Crippen molar-refractivity contribution >= 4 is 5.65 Å². The summed E-state index contributed by atoms with van der Waals surface area (Å²) in [7, 11) is 0. The van der Waals surface area contributed by atoms with Crippen molar-refractivity contribution in [3.8, 4) is 11.6 Å². The molecule has 0 bridgehead atoms. The standard InChI is InChI=1S/C16H12N6O3/c1-10-4-2-7-21-12(23)8-11(19-14(10)21)9-22-15(20-25-16(22)24)13-17-5-3-6-18-13/h2-8H,9H2,1H3. The molecule has 0 aliphatic rings. The Morgan fingerprint density at radius 2 is 1.96 bits per heavy atom. The molecule has 0 saturated heterocycles. The minimum Gasteiger partial charge on any atom is -0.295 e. The average Bonchev–Trinajstić information content (AvgIpc) is 2.97. The second-order valence-corrected chi connectivity index (χ2v) is 5.40. The van der Waals surface area contributed by atoms with E-state index in [2.05, 4.69) is 20.1 Å². The van der Waals surface area contributed by atoms with Crippen molar-refractivity contribution in [2.75, 3.05) is 0 Å². The van der Waals surface area contributed by atoms with Gasteiger partial charge >= 0.3 is 5.76 Å². The summed E-state index contributed by atoms with van der Waals surface area (Å²) in [5, 5.41) is 3.72. The lowest BCUT2D eigenvalue weighted by Gasteiger charge is -2.07. The molecule has 4 rings (SSSR count). The highest BCUT2D eigenvalue weighted by Gasteiger charge is 2.16. The van der Waals surface area contributed by atoms with Crippen LogP contribution >= 0.6 is 0 Å². The summed E-state index contributed by atoms with van der Waals surface area (Å²) in [5.74, 6) is -0.242. The van der Waals surface area contributed by atoms with E-state index in [9.17, 15) is 9.59 Å². The third kappa shape index (κ3) is 2.61. The first kappa shape index (κ1) is 14.9. The van der Waals surface area contributed by atoms with Crippen LogP contribution in [0.25, 0.3) is 17.3 Å². The van der Waals surface area contributed by atoms with Gasteiger partial charge in [0.2, 0.25) is 5.82 Å². The molecule has 25 heavy (non-hydrogen) atoms. The van der Waals surface area contributed by atoms with E-state index < -0.39 is 5.76 Å². The molecule has 0 amide bonds. The Balaban J connectivity index is 1.83. The minimum absolute atomic E-state index is 0.0238. The molecular weight excluding hydrogens is 324 g/mol. The number of hydrogen-bond acceptors (Lipinski definition) is 7. The van der Waals surface area contributed by atoms with Crippen molar-refractivity contribution in [2.24, 2.45) is 0 Å². The number of fused-ring (bicyclic) bond motifs is 1. The molecular formula is C16H12N6O3. The first-order valence-electron chi connectivity index (χ1n) is 7.45. The molecule has 0 aromatic carbocycles. The van der Waals surface area contributed by atoms with Crippen molar-refractivity contribution in [2.45, 2.75) is 13.5 Å². The van der Waals surface area contributed by atoms with Crippen molar-refractivity contribution in [1.29, 1.82) is 0 Å². The van der Waals surface area contributed by atoms with Gasteiger partial charge in [0, 0.05) is 24.7 Å². The first-order chi connectivity index (χ1) is 12.1. The maximum Gasteiger partial charge on any atom is 0.442 e. The molecule has 4 aromatic heterocycles. The molecule has 0 saturated carbocycles. The van der Waals surface area contributed by atoms with Gasteiger partial charge in [-0.1, -0.05) is 11.2 Å². The average molecular weight is 336 g/mol. The van der Waals surface area contributed by atoms with Crippen LogP contribution in [-0.2, 0) is 6.54 Å². The minimum atomic E-state index is -0.672. The molecule has 0 unspecified atom stereocenters. The third-order valence-corrected chi connectivity index (χ3v) is 3.71. The number of rotatable bonds is 3. The van der Waals surface area contributed by atoms with Crippen molar-refractivity contribution in [1.82, 2.24) is 29.1 Å². The molecule has 0 fully saturated rings. The molecule has 9 nitrogen and oxygen atoms in total. The summed E-state index contributed by atoms with van der Waals surface area (Å²) >= 11 is 0. The van der Waals surface area contributed by atoms with Gasteiger partial charge in [-0.3, -0.25) is 13.7 Å². The molecule has 0 aliphatic heterocycles. The Morgan fingerprint density at radius 1 is 1.16 bits per heavy atom. The predicted octanol–water partition coefficient (Wildman–Crippen LogP) is 0.658. The highest BCUT2D eigenvalue weighted by Crippen LogP contribution is 2.11. The molecule has 0 aliphatic carbocycles. The van der Waals surface area contributed by atoms with E-state index >= 15 is 0 Å². The van der Waals surface area contributed by atoms with Crippen LogP contribution in [0.1, 0.15) is 11.3 Å². The predicted molar refractivity (Wildman–Crippen MR) is 87.1 cm³/mol. The van der Waals surface area contributed by atoms with Gasteiger partial charge in [0.05, 0.1) is 12.2 Å². The Bertz CT molecular complexity index is 1180. The summed E-state index contributed by atoms with van der Waals surface area (Å²) in [6.45, 7) is 1.89. The van der Waals surface area contributed by atoms with Gasteiger partial charge < -0.3 is 0 Å². The molecule has 9 heteroatoms. The molecule has 124 valence electrons. The van der Waals surface area contributed by atoms with Crippen LogP contribution in [-0.4, -0.2) is 29.1 Å². The van der Waals surface area contributed by atoms with Crippen LogP contribution in [0.3, 0.4) is 0 Å². The Hall–Kier alpha value is -3.62. The lowest BCUT2D eigenvalue weighted by atomic mass is 10.3. The maximum absolute atomic E-state index is 12.3. The Morgan fingerprint density at radius 3 is 2.76 bits per heavy atom. The molecule has 0 spiro atoms. The molecule has 4 aromatic rings. The second-order valence-electron chi connectivity index (χ2n) is 5.40. The fraction of sp³-hybridized carbons (Fsp3) is 0.125. The van der Waals surface area contributed by atoms with E-state index in [1.807, 2.05) is 13.0 Å². The van der Waals surface area contributed by atoms with E-state index in [0.29, 0.717) is 11.3 Å². The van der Waals surface area contributed by atoms with Gasteiger partial charge in [-0.2, -0.15) is 0 Å². The molecule has 0 atom stereocenters. The number of pyridine rings is 1. The molecule has 0 radical (unpaired) electrons. The lowest BCUT2D eigenvalue weighted by Crippen LogP contribution is -2.21. The molecule has 4 heterocycles. The third-order valence-electron chi connectivity index (χ3n) is 3.71. The number of nitrogens with zero attached hydrogens (tertiary/aromatic N) is 6. The SMILES string of the molecule is Cc1cccn2c(=O)cc(Cn3c(-c4ncccn4)noc3=O)nc12. The van der Waals surface area contributed by atoms with Crippen LogP contribution in [0, 0.1) is 6.92 Å². The maximum atomic E-state index is 12.3. The van der Waals surface area contributed by atoms with Gasteiger partial charge in [0.15, 0.2) is 5.82 Å². The van der Waals surface area contributed by atoms with Gasteiger partial charge in [-0.15, -0.1) is 0 Å². The van der Waals surface area contributed by atoms with Crippen LogP contribution < -0.4 is 11.3 Å². The highest BCUT2D eigenvalue weighted by atomic mass is 16.5. The van der Waals surface area contributed by atoms with Gasteiger partial charge in [0.25, 0.3) is 5.56 Å². The van der Waals surface area contributed by atoms with E-state index in [4.69, 9.17) is 4.52 Å². The Labute approximate surface area is 140 Å². The monoisotopic (exact) mass is 336 g/mol. The summed E-state index contributed by atoms with van der Waals surface area (Å²) in [5.41, 5.74) is 1.57. The second kappa shape index (κ2) is 5.78. The fourth-order valence-corrected chi connectivity index (χ4v) is 2.53. The quantitative estimate of drug-likeness (QED) is 0.540. The van der Waals surface area contributed by atoms with Crippen molar-refractivity contribution < 1.29 is 4.52 Å². The van der Waals surface area contributed by atoms with Gasteiger partial charge in [-0.05, 0) is 24.6 Å². The molecule has 0 N–H and O–H groups in total. The van der Waals surface area contributed by atoms with E-state index in [-0.39, 0.29) is 23.8 Å². The van der Waals surface area contributed by atoms with Crippen molar-refractivity contribution in [3.63, 3.8) is 0 Å². The lowest BCUT2D eigenvalue weighted by molar-refractivity contribution is 0.378.